The van der Waals surface area contributed by atoms with Crippen LogP contribution in [0.25, 0.3) is 11.0 Å². The topological polar surface area (TPSA) is 70.1 Å². The fourth-order valence-electron chi connectivity index (χ4n) is 3.52. The van der Waals surface area contributed by atoms with Gasteiger partial charge < -0.3 is 4.98 Å². The molecular weight excluding hydrogens is 324 g/mol. The van der Waals surface area contributed by atoms with Crippen molar-refractivity contribution in [2.45, 2.75) is 38.0 Å². The van der Waals surface area contributed by atoms with Crippen molar-refractivity contribution in [2.24, 2.45) is 5.10 Å². The van der Waals surface area contributed by atoms with Crippen molar-refractivity contribution in [1.29, 1.82) is 0 Å². The fourth-order valence-corrected chi connectivity index (χ4v) is 3.52. The average molecular weight is 346 g/mol. The van der Waals surface area contributed by atoms with Gasteiger partial charge in [0.25, 0.3) is 0 Å². The Bertz CT molecular complexity index is 976. The first kappa shape index (κ1) is 16.5. The lowest BCUT2D eigenvalue weighted by Gasteiger charge is -2.27. The minimum Gasteiger partial charge on any atom is -0.342 e. The van der Waals surface area contributed by atoms with Crippen LogP contribution in [0.5, 0.6) is 0 Å². The van der Waals surface area contributed by atoms with Crippen LogP contribution in [0.1, 0.15) is 43.1 Å². The van der Waals surface area contributed by atoms with E-state index in [0.29, 0.717) is 12.3 Å². The lowest BCUT2D eigenvalue weighted by atomic mass is 9.79. The molecule has 0 radical (unpaired) electrons. The quantitative estimate of drug-likeness (QED) is 0.757. The molecule has 0 saturated carbocycles. The summed E-state index contributed by atoms with van der Waals surface area (Å²) >= 11 is 0. The Balaban J connectivity index is 1.63. The van der Waals surface area contributed by atoms with Gasteiger partial charge in [-0.25, -0.2) is 10.4 Å². The highest BCUT2D eigenvalue weighted by Gasteiger charge is 2.31. The van der Waals surface area contributed by atoms with E-state index >= 15 is 0 Å². The Hall–Kier alpha value is -2.95. The fraction of sp³-hybridized carbons (Fsp3) is 0.286. The number of aromatic nitrogens is 2. The van der Waals surface area contributed by atoms with Crippen LogP contribution in [-0.2, 0) is 16.6 Å². The van der Waals surface area contributed by atoms with Gasteiger partial charge in [-0.3, -0.25) is 4.79 Å². The number of nitrogens with zero attached hydrogens (tertiary/aromatic N) is 2. The van der Waals surface area contributed by atoms with Crippen LogP contribution in [0, 0.1) is 0 Å². The number of aromatic amines is 1. The summed E-state index contributed by atoms with van der Waals surface area (Å²) in [6.45, 7) is 4.22. The van der Waals surface area contributed by atoms with Gasteiger partial charge in [-0.05, 0) is 36.6 Å². The lowest BCUT2D eigenvalue weighted by Crippen LogP contribution is -2.37. The van der Waals surface area contributed by atoms with E-state index < -0.39 is 5.41 Å². The Morgan fingerprint density at radius 3 is 2.77 bits per heavy atom. The van der Waals surface area contributed by atoms with Crippen LogP contribution in [0.3, 0.4) is 0 Å². The van der Waals surface area contributed by atoms with E-state index in [1.54, 1.807) is 0 Å². The molecule has 2 N–H and O–H groups in total. The summed E-state index contributed by atoms with van der Waals surface area (Å²) in [5.41, 5.74) is 6.42. The van der Waals surface area contributed by atoms with Gasteiger partial charge in [-0.1, -0.05) is 43.3 Å². The van der Waals surface area contributed by atoms with Crippen molar-refractivity contribution >= 4 is 23.2 Å². The monoisotopic (exact) mass is 346 g/mol. The number of imidazole rings is 1. The van der Waals surface area contributed by atoms with Gasteiger partial charge in [0.15, 0.2) is 0 Å². The molecule has 1 amide bonds. The highest BCUT2D eigenvalue weighted by atomic mass is 16.2. The number of H-pyrrole nitrogens is 1. The zero-order valence-corrected chi connectivity index (χ0v) is 15.0. The molecule has 0 aliphatic carbocycles. The third kappa shape index (κ3) is 3.12. The molecule has 4 rings (SSSR count). The molecule has 132 valence electrons. The molecule has 3 aromatic rings. The molecule has 1 aliphatic rings. The van der Waals surface area contributed by atoms with Crippen LogP contribution in [0.15, 0.2) is 53.6 Å². The van der Waals surface area contributed by atoms with Crippen LogP contribution in [0.2, 0.25) is 0 Å². The Labute approximate surface area is 152 Å². The van der Waals surface area contributed by atoms with Crippen molar-refractivity contribution in [3.05, 3.63) is 65.5 Å². The summed E-state index contributed by atoms with van der Waals surface area (Å²) in [6, 6.07) is 16.6. The normalized spacial score (nSPS) is 20.9. The summed E-state index contributed by atoms with van der Waals surface area (Å²) in [5.74, 6) is 1.23. The number of rotatable bonds is 4. The second-order valence-electron chi connectivity index (χ2n) is 7.33. The molecule has 5 heteroatoms. The molecule has 0 spiro atoms. The molecule has 26 heavy (non-hydrogen) atoms. The third-order valence-electron chi connectivity index (χ3n) is 5.08. The zero-order valence-electron chi connectivity index (χ0n) is 15.0. The second-order valence-corrected chi connectivity index (χ2v) is 7.33. The number of carbonyl (C=O) groups is 1. The van der Waals surface area contributed by atoms with E-state index in [9.17, 15) is 4.79 Å². The molecule has 1 aromatic heterocycles. The van der Waals surface area contributed by atoms with E-state index in [0.717, 1.165) is 28.8 Å². The predicted octanol–water partition coefficient (Wildman–Crippen LogP) is 3.67. The van der Waals surface area contributed by atoms with Crippen molar-refractivity contribution in [3.63, 3.8) is 0 Å². The number of fused-ring (bicyclic) bond motifs is 1. The number of nitrogens with one attached hydrogen (secondary N) is 2. The Kier molecular flexibility index (Phi) is 4.07. The van der Waals surface area contributed by atoms with Gasteiger partial charge in [0.05, 0.1) is 11.0 Å². The van der Waals surface area contributed by atoms with Gasteiger partial charge in [0.2, 0.25) is 5.91 Å². The summed E-state index contributed by atoms with van der Waals surface area (Å²) in [4.78, 5) is 20.0. The van der Waals surface area contributed by atoms with Crippen molar-refractivity contribution in [1.82, 2.24) is 15.4 Å². The summed E-state index contributed by atoms with van der Waals surface area (Å²) < 4.78 is 0. The highest BCUT2D eigenvalue weighted by molar-refractivity contribution is 5.90. The van der Waals surface area contributed by atoms with Crippen LogP contribution in [-0.4, -0.2) is 22.1 Å². The van der Waals surface area contributed by atoms with E-state index in [1.807, 2.05) is 31.3 Å². The van der Waals surface area contributed by atoms with E-state index in [-0.39, 0.29) is 5.91 Å². The third-order valence-corrected chi connectivity index (χ3v) is 5.08. The molecule has 2 heterocycles. The smallest absolute Gasteiger partial charge is 0.241 e. The second kappa shape index (κ2) is 6.41. The van der Waals surface area contributed by atoms with Crippen LogP contribution in [0.4, 0.5) is 0 Å². The maximum absolute atomic E-state index is 11.7. The van der Waals surface area contributed by atoms with Crippen LogP contribution < -0.4 is 5.43 Å². The number of benzene rings is 2. The maximum Gasteiger partial charge on any atom is 0.241 e. The van der Waals surface area contributed by atoms with Crippen LogP contribution >= 0.6 is 0 Å². The molecule has 0 saturated heterocycles. The van der Waals surface area contributed by atoms with Gasteiger partial charge >= 0.3 is 0 Å². The number of hydrogen-bond donors (Lipinski definition) is 2. The van der Waals surface area contributed by atoms with E-state index in [2.05, 4.69) is 52.8 Å². The summed E-state index contributed by atoms with van der Waals surface area (Å²) in [7, 11) is 0. The molecule has 2 aromatic carbocycles. The Morgan fingerprint density at radius 2 is 2.00 bits per heavy atom. The predicted molar refractivity (Wildman–Crippen MR) is 103 cm³/mol. The molecule has 2 unspecified atom stereocenters. The maximum atomic E-state index is 11.7. The minimum absolute atomic E-state index is 0.0584. The summed E-state index contributed by atoms with van der Waals surface area (Å²) in [6.07, 6.45) is 3.15. The molecular formula is C21H22N4O. The summed E-state index contributed by atoms with van der Waals surface area (Å²) in [5, 5.41) is 4.00. The first-order valence-corrected chi connectivity index (χ1v) is 8.91. The number of amides is 1. The minimum atomic E-state index is -0.391. The number of hydrazone groups is 1. The van der Waals surface area contributed by atoms with E-state index in [1.165, 1.54) is 5.56 Å². The molecule has 5 nitrogen and oxygen atoms in total. The largest absolute Gasteiger partial charge is 0.342 e. The zero-order chi connectivity index (χ0) is 18.1. The van der Waals surface area contributed by atoms with Gasteiger partial charge in [0.1, 0.15) is 5.82 Å². The SMILES string of the molecule is CC(Cc1ccccc1)c1nc2ccc(C3(C)C=NNC(=O)C3)cc2[nH]1. The number of hydrogen-bond acceptors (Lipinski definition) is 3. The van der Waals surface area contributed by atoms with Gasteiger partial charge in [-0.15, -0.1) is 0 Å². The first-order chi connectivity index (χ1) is 12.5. The molecule has 0 fully saturated rings. The van der Waals surface area contributed by atoms with Gasteiger partial charge in [-0.2, -0.15) is 5.10 Å². The van der Waals surface area contributed by atoms with Crippen molar-refractivity contribution < 1.29 is 4.79 Å². The van der Waals surface area contributed by atoms with Gasteiger partial charge in [0, 0.05) is 24.0 Å². The van der Waals surface area contributed by atoms with Crippen molar-refractivity contribution in [2.75, 3.05) is 0 Å². The first-order valence-electron chi connectivity index (χ1n) is 8.91. The molecule has 0 bridgehead atoms. The lowest BCUT2D eigenvalue weighted by molar-refractivity contribution is -0.122. The average Bonchev–Trinajstić information content (AvgIpc) is 3.06. The molecule has 2 atom stereocenters. The molecule has 1 aliphatic heterocycles. The highest BCUT2D eigenvalue weighted by Crippen LogP contribution is 2.30. The number of carbonyl (C=O) groups excluding carboxylic acids is 1. The Morgan fingerprint density at radius 1 is 1.19 bits per heavy atom. The standard InChI is InChI=1S/C21H22N4O/c1-14(10-15-6-4-3-5-7-15)20-23-17-9-8-16(11-18(17)24-20)21(2)12-19(26)25-22-13-21/h3-9,11,13-14H,10,12H2,1-2H3,(H,23,24)(H,25,26). The van der Waals surface area contributed by atoms with E-state index in [4.69, 9.17) is 4.98 Å². The van der Waals surface area contributed by atoms with Crippen molar-refractivity contribution in [3.8, 4) is 0 Å².